The molecular weight excluding hydrogens is 330 g/mol. The van der Waals surface area contributed by atoms with Gasteiger partial charge >= 0.3 is 0 Å². The van der Waals surface area contributed by atoms with E-state index < -0.39 is 0 Å². The molecule has 1 aromatic carbocycles. The Bertz CT molecular complexity index is 968. The average Bonchev–Trinajstić information content (AvgIpc) is 3.31. The van der Waals surface area contributed by atoms with Crippen molar-refractivity contribution in [2.45, 2.75) is 26.6 Å². The molecule has 3 aromatic heterocycles. The molecule has 0 radical (unpaired) electrons. The number of thiophene rings is 1. The molecular formula is C20H21N3OS. The molecule has 0 N–H and O–H groups in total. The number of fused-ring (bicyclic) bond motifs is 1. The van der Waals surface area contributed by atoms with E-state index in [1.54, 1.807) is 6.26 Å². The SMILES string of the molecule is Cc1ccc(CN(Cc2ccco2)Cc2nc3ccccc3n2C)s1. The first kappa shape index (κ1) is 16.1. The van der Waals surface area contributed by atoms with Gasteiger partial charge < -0.3 is 8.98 Å². The van der Waals surface area contributed by atoms with Crippen molar-refractivity contribution in [1.82, 2.24) is 14.5 Å². The highest BCUT2D eigenvalue weighted by molar-refractivity contribution is 7.11. The fraction of sp³-hybridized carbons (Fsp3) is 0.250. The summed E-state index contributed by atoms with van der Waals surface area (Å²) in [6.07, 6.45) is 1.73. The van der Waals surface area contributed by atoms with Crippen LogP contribution >= 0.6 is 11.3 Å². The normalized spacial score (nSPS) is 11.6. The van der Waals surface area contributed by atoms with E-state index in [4.69, 9.17) is 9.40 Å². The van der Waals surface area contributed by atoms with Crippen LogP contribution in [0, 0.1) is 6.92 Å². The number of aryl methyl sites for hydroxylation is 2. The van der Waals surface area contributed by atoms with Gasteiger partial charge in [-0.3, -0.25) is 4.90 Å². The minimum atomic E-state index is 0.771. The predicted octanol–water partition coefficient (Wildman–Crippen LogP) is 4.74. The summed E-state index contributed by atoms with van der Waals surface area (Å²) >= 11 is 1.85. The van der Waals surface area contributed by atoms with Gasteiger partial charge in [0.1, 0.15) is 11.6 Å². The van der Waals surface area contributed by atoms with Gasteiger partial charge in [-0.2, -0.15) is 0 Å². The van der Waals surface area contributed by atoms with Crippen molar-refractivity contribution >= 4 is 22.4 Å². The number of hydrogen-bond donors (Lipinski definition) is 0. The zero-order chi connectivity index (χ0) is 17.2. The highest BCUT2D eigenvalue weighted by Gasteiger charge is 2.15. The zero-order valence-electron chi connectivity index (χ0n) is 14.5. The number of benzene rings is 1. The van der Waals surface area contributed by atoms with Gasteiger partial charge in [-0.15, -0.1) is 11.3 Å². The Kier molecular flexibility index (Phi) is 4.42. The Morgan fingerprint density at radius 3 is 2.64 bits per heavy atom. The van der Waals surface area contributed by atoms with Crippen molar-refractivity contribution < 1.29 is 4.42 Å². The second-order valence-electron chi connectivity index (χ2n) is 6.31. The Labute approximate surface area is 151 Å². The van der Waals surface area contributed by atoms with Gasteiger partial charge in [0.25, 0.3) is 0 Å². The van der Waals surface area contributed by atoms with Crippen LogP contribution in [0.1, 0.15) is 21.3 Å². The second kappa shape index (κ2) is 6.86. The molecule has 4 rings (SSSR count). The summed E-state index contributed by atoms with van der Waals surface area (Å²) in [7, 11) is 2.09. The molecule has 0 aliphatic carbocycles. The average molecular weight is 351 g/mol. The number of nitrogens with zero attached hydrogens (tertiary/aromatic N) is 3. The maximum absolute atomic E-state index is 5.57. The van der Waals surface area contributed by atoms with E-state index in [9.17, 15) is 0 Å². The Morgan fingerprint density at radius 1 is 1.04 bits per heavy atom. The van der Waals surface area contributed by atoms with Gasteiger partial charge in [0.2, 0.25) is 0 Å². The van der Waals surface area contributed by atoms with E-state index in [1.807, 2.05) is 29.5 Å². The Morgan fingerprint density at radius 2 is 1.92 bits per heavy atom. The summed E-state index contributed by atoms with van der Waals surface area (Å²) < 4.78 is 7.75. The summed E-state index contributed by atoms with van der Waals surface area (Å²) in [5.41, 5.74) is 2.22. The van der Waals surface area contributed by atoms with Gasteiger partial charge in [0.05, 0.1) is 30.4 Å². The maximum Gasteiger partial charge on any atom is 0.123 e. The van der Waals surface area contributed by atoms with Crippen LogP contribution in [0.15, 0.2) is 59.2 Å². The Balaban J connectivity index is 1.61. The first-order valence-electron chi connectivity index (χ1n) is 8.39. The van der Waals surface area contributed by atoms with Crippen LogP contribution < -0.4 is 0 Å². The van der Waals surface area contributed by atoms with Crippen LogP contribution in [0.4, 0.5) is 0 Å². The number of rotatable bonds is 6. The van der Waals surface area contributed by atoms with Crippen LogP contribution in [0.2, 0.25) is 0 Å². The minimum absolute atomic E-state index is 0.771. The Hall–Kier alpha value is -2.37. The van der Waals surface area contributed by atoms with Crippen molar-refractivity contribution in [1.29, 1.82) is 0 Å². The smallest absolute Gasteiger partial charge is 0.123 e. The van der Waals surface area contributed by atoms with Crippen molar-refractivity contribution in [2.24, 2.45) is 7.05 Å². The molecule has 25 heavy (non-hydrogen) atoms. The van der Waals surface area contributed by atoms with Crippen molar-refractivity contribution in [3.63, 3.8) is 0 Å². The number of hydrogen-bond acceptors (Lipinski definition) is 4. The topological polar surface area (TPSA) is 34.2 Å². The zero-order valence-corrected chi connectivity index (χ0v) is 15.3. The fourth-order valence-electron chi connectivity index (χ4n) is 3.12. The van der Waals surface area contributed by atoms with Gasteiger partial charge in [0, 0.05) is 23.3 Å². The minimum Gasteiger partial charge on any atom is -0.468 e. The van der Waals surface area contributed by atoms with Crippen molar-refractivity contribution in [3.8, 4) is 0 Å². The van der Waals surface area contributed by atoms with Gasteiger partial charge in [-0.05, 0) is 43.3 Å². The lowest BCUT2D eigenvalue weighted by atomic mass is 10.3. The van der Waals surface area contributed by atoms with Crippen molar-refractivity contribution in [3.05, 3.63) is 76.1 Å². The maximum atomic E-state index is 5.57. The molecule has 0 aliphatic heterocycles. The van der Waals surface area contributed by atoms with Crippen LogP contribution in [-0.2, 0) is 26.7 Å². The number of aromatic nitrogens is 2. The van der Waals surface area contributed by atoms with Crippen LogP contribution in [0.5, 0.6) is 0 Å². The molecule has 0 amide bonds. The van der Waals surface area contributed by atoms with E-state index in [0.717, 1.165) is 36.7 Å². The van der Waals surface area contributed by atoms with Crippen LogP contribution in [0.3, 0.4) is 0 Å². The van der Waals surface area contributed by atoms with Gasteiger partial charge in [-0.1, -0.05) is 12.1 Å². The fourth-order valence-corrected chi connectivity index (χ4v) is 4.05. The summed E-state index contributed by atoms with van der Waals surface area (Å²) in [5, 5.41) is 0. The molecule has 4 aromatic rings. The molecule has 0 bridgehead atoms. The molecule has 3 heterocycles. The summed E-state index contributed by atoms with van der Waals surface area (Å²) in [6.45, 7) is 4.59. The molecule has 4 nitrogen and oxygen atoms in total. The molecule has 0 unspecified atom stereocenters. The van der Waals surface area contributed by atoms with E-state index in [0.29, 0.717) is 0 Å². The van der Waals surface area contributed by atoms with E-state index in [1.165, 1.54) is 15.3 Å². The monoisotopic (exact) mass is 351 g/mol. The molecule has 0 saturated heterocycles. The highest BCUT2D eigenvalue weighted by atomic mass is 32.1. The molecule has 0 spiro atoms. The molecule has 0 fully saturated rings. The van der Waals surface area contributed by atoms with Crippen LogP contribution in [-0.4, -0.2) is 14.5 Å². The lowest BCUT2D eigenvalue weighted by molar-refractivity contribution is 0.221. The van der Waals surface area contributed by atoms with Crippen molar-refractivity contribution in [2.75, 3.05) is 0 Å². The predicted molar refractivity (Wildman–Crippen MR) is 101 cm³/mol. The number of para-hydroxylation sites is 2. The summed E-state index contributed by atoms with van der Waals surface area (Å²) in [6, 6.07) is 16.6. The van der Waals surface area contributed by atoms with Crippen LogP contribution in [0.25, 0.3) is 11.0 Å². The highest BCUT2D eigenvalue weighted by Crippen LogP contribution is 2.21. The third-order valence-corrected chi connectivity index (χ3v) is 5.37. The van der Waals surface area contributed by atoms with E-state index in [-0.39, 0.29) is 0 Å². The quantitative estimate of drug-likeness (QED) is 0.503. The number of furan rings is 1. The molecule has 5 heteroatoms. The lowest BCUT2D eigenvalue weighted by Gasteiger charge is -2.20. The van der Waals surface area contributed by atoms with Gasteiger partial charge in [0.15, 0.2) is 0 Å². The molecule has 0 atom stereocenters. The third-order valence-electron chi connectivity index (χ3n) is 4.38. The summed E-state index contributed by atoms with van der Waals surface area (Å²) in [5.74, 6) is 2.05. The van der Waals surface area contributed by atoms with Gasteiger partial charge in [-0.25, -0.2) is 4.98 Å². The summed E-state index contributed by atoms with van der Waals surface area (Å²) in [4.78, 5) is 9.91. The number of imidazole rings is 1. The van der Waals surface area contributed by atoms with E-state index in [2.05, 4.69) is 53.8 Å². The molecule has 128 valence electrons. The van der Waals surface area contributed by atoms with E-state index >= 15 is 0 Å². The standard InChI is InChI=1S/C20H21N3OS/c1-15-9-10-17(25-15)13-23(12-16-6-5-11-24-16)14-20-21-18-7-3-4-8-19(18)22(20)2/h3-11H,12-14H2,1-2H3. The lowest BCUT2D eigenvalue weighted by Crippen LogP contribution is -2.23. The molecule has 0 aliphatic rings. The molecule has 0 saturated carbocycles. The first-order chi connectivity index (χ1) is 12.2. The largest absolute Gasteiger partial charge is 0.468 e. The first-order valence-corrected chi connectivity index (χ1v) is 9.21. The third kappa shape index (κ3) is 3.52. The second-order valence-corrected chi connectivity index (χ2v) is 7.69.